The molecule has 3 heteroatoms. The van der Waals surface area contributed by atoms with Crippen molar-refractivity contribution < 1.29 is 9.53 Å². The van der Waals surface area contributed by atoms with Gasteiger partial charge in [-0.3, -0.25) is 4.79 Å². The van der Waals surface area contributed by atoms with Crippen LogP contribution in [0.2, 0.25) is 0 Å². The summed E-state index contributed by atoms with van der Waals surface area (Å²) in [6.45, 7) is 7.42. The number of pyridine rings is 1. The zero-order valence-corrected chi connectivity index (χ0v) is 11.2. The summed E-state index contributed by atoms with van der Waals surface area (Å²) >= 11 is 0. The second-order valence-corrected chi connectivity index (χ2v) is 5.42. The summed E-state index contributed by atoms with van der Waals surface area (Å²) in [6, 6.07) is 9.52. The highest BCUT2D eigenvalue weighted by Crippen LogP contribution is 2.26. The predicted octanol–water partition coefficient (Wildman–Crippen LogP) is 3.49. The van der Waals surface area contributed by atoms with Gasteiger partial charge in [0.15, 0.2) is 5.75 Å². The van der Waals surface area contributed by atoms with Gasteiger partial charge >= 0.3 is 5.97 Å². The second kappa shape index (κ2) is 4.41. The molecule has 0 atom stereocenters. The van der Waals surface area contributed by atoms with Crippen LogP contribution < -0.4 is 4.74 Å². The first-order valence-corrected chi connectivity index (χ1v) is 5.96. The maximum Gasteiger partial charge on any atom is 0.316 e. The third-order valence-corrected chi connectivity index (χ3v) is 2.64. The van der Waals surface area contributed by atoms with Crippen molar-refractivity contribution in [3.05, 3.63) is 36.0 Å². The van der Waals surface area contributed by atoms with E-state index in [9.17, 15) is 4.79 Å². The number of hydrogen-bond donors (Lipinski definition) is 0. The van der Waals surface area contributed by atoms with Crippen molar-refractivity contribution >= 4 is 16.9 Å². The van der Waals surface area contributed by atoms with Gasteiger partial charge in [-0.1, -0.05) is 18.2 Å². The third-order valence-electron chi connectivity index (χ3n) is 2.64. The Labute approximate surface area is 107 Å². The summed E-state index contributed by atoms with van der Waals surface area (Å²) in [6.07, 6.45) is 0. The molecule has 18 heavy (non-hydrogen) atoms. The van der Waals surface area contributed by atoms with Crippen LogP contribution in [-0.2, 0) is 4.79 Å². The van der Waals surface area contributed by atoms with Crippen LogP contribution in [0.15, 0.2) is 30.3 Å². The summed E-state index contributed by atoms with van der Waals surface area (Å²) < 4.78 is 5.45. The van der Waals surface area contributed by atoms with Crippen molar-refractivity contribution in [1.29, 1.82) is 0 Å². The molecule has 0 N–H and O–H groups in total. The van der Waals surface area contributed by atoms with Crippen LogP contribution in [0.3, 0.4) is 0 Å². The molecule has 0 aliphatic rings. The van der Waals surface area contributed by atoms with Gasteiger partial charge in [0.1, 0.15) is 5.52 Å². The molecule has 2 aromatic rings. The van der Waals surface area contributed by atoms with Gasteiger partial charge in [0.05, 0.1) is 5.41 Å². The molecule has 0 bridgehead atoms. The Morgan fingerprint density at radius 2 is 1.89 bits per heavy atom. The molecule has 0 radical (unpaired) electrons. The summed E-state index contributed by atoms with van der Waals surface area (Å²) in [5.74, 6) is 0.273. The van der Waals surface area contributed by atoms with E-state index in [1.54, 1.807) is 6.07 Å². The molecular weight excluding hydrogens is 226 g/mol. The molecule has 1 heterocycles. The Morgan fingerprint density at radius 1 is 1.17 bits per heavy atom. The van der Waals surface area contributed by atoms with E-state index in [4.69, 9.17) is 4.74 Å². The molecule has 94 valence electrons. The van der Waals surface area contributed by atoms with Crippen LogP contribution in [0.4, 0.5) is 0 Å². The number of aromatic nitrogens is 1. The average molecular weight is 243 g/mol. The molecule has 1 aromatic carbocycles. The Hall–Kier alpha value is -1.90. The van der Waals surface area contributed by atoms with Crippen molar-refractivity contribution in [2.24, 2.45) is 5.41 Å². The van der Waals surface area contributed by atoms with Gasteiger partial charge in [-0.2, -0.15) is 0 Å². The highest BCUT2D eigenvalue weighted by molar-refractivity contribution is 5.88. The number of carbonyl (C=O) groups is 1. The van der Waals surface area contributed by atoms with E-state index >= 15 is 0 Å². The van der Waals surface area contributed by atoms with E-state index < -0.39 is 5.41 Å². The standard InChI is InChI=1S/C15H17NO2/c1-10-8-9-11-6-5-7-12(13(11)16-10)18-14(17)15(2,3)4/h5-9H,1-4H3. The van der Waals surface area contributed by atoms with Crippen LogP contribution in [-0.4, -0.2) is 11.0 Å². The molecule has 0 saturated carbocycles. The lowest BCUT2D eigenvalue weighted by molar-refractivity contribution is -0.142. The third kappa shape index (κ3) is 2.50. The second-order valence-electron chi connectivity index (χ2n) is 5.42. The minimum absolute atomic E-state index is 0.252. The molecule has 0 spiro atoms. The number of nitrogens with zero attached hydrogens (tertiary/aromatic N) is 1. The van der Waals surface area contributed by atoms with E-state index in [0.29, 0.717) is 5.75 Å². The van der Waals surface area contributed by atoms with Crippen LogP contribution in [0.1, 0.15) is 26.5 Å². The van der Waals surface area contributed by atoms with Gasteiger partial charge in [0.25, 0.3) is 0 Å². The molecule has 3 nitrogen and oxygen atoms in total. The van der Waals surface area contributed by atoms with Gasteiger partial charge in [0, 0.05) is 11.1 Å². The molecule has 0 unspecified atom stereocenters. The number of rotatable bonds is 1. The quantitative estimate of drug-likeness (QED) is 0.568. The van der Waals surface area contributed by atoms with Gasteiger partial charge in [0.2, 0.25) is 0 Å². The predicted molar refractivity (Wildman–Crippen MR) is 71.6 cm³/mol. The molecule has 1 aromatic heterocycles. The molecule has 2 rings (SSSR count). The monoisotopic (exact) mass is 243 g/mol. The number of benzene rings is 1. The molecule has 0 aliphatic heterocycles. The van der Waals surface area contributed by atoms with Gasteiger partial charge in [-0.25, -0.2) is 4.98 Å². The highest BCUT2D eigenvalue weighted by Gasteiger charge is 2.24. The maximum atomic E-state index is 11.9. The first-order chi connectivity index (χ1) is 8.38. The van der Waals surface area contributed by atoms with E-state index in [1.165, 1.54) is 0 Å². The number of aryl methyl sites for hydroxylation is 1. The van der Waals surface area contributed by atoms with E-state index in [2.05, 4.69) is 4.98 Å². The topological polar surface area (TPSA) is 39.2 Å². The normalized spacial score (nSPS) is 11.6. The van der Waals surface area contributed by atoms with Crippen molar-refractivity contribution in [2.45, 2.75) is 27.7 Å². The van der Waals surface area contributed by atoms with Gasteiger partial charge in [-0.05, 0) is 39.8 Å². The lowest BCUT2D eigenvalue weighted by Gasteiger charge is -2.17. The zero-order chi connectivity index (χ0) is 13.3. The van der Waals surface area contributed by atoms with Crippen molar-refractivity contribution in [3.8, 4) is 5.75 Å². The summed E-state index contributed by atoms with van der Waals surface area (Å²) in [5, 5.41) is 0.972. The zero-order valence-electron chi connectivity index (χ0n) is 11.2. The van der Waals surface area contributed by atoms with E-state index in [0.717, 1.165) is 16.6 Å². The van der Waals surface area contributed by atoms with Crippen LogP contribution in [0.25, 0.3) is 10.9 Å². The molecule has 0 fully saturated rings. The number of fused-ring (bicyclic) bond motifs is 1. The number of esters is 1. The van der Waals surface area contributed by atoms with Crippen LogP contribution in [0, 0.1) is 12.3 Å². The van der Waals surface area contributed by atoms with Gasteiger partial charge in [-0.15, -0.1) is 0 Å². The average Bonchev–Trinajstić information content (AvgIpc) is 2.28. The number of hydrogen-bond acceptors (Lipinski definition) is 3. The molecule has 0 aliphatic carbocycles. The number of para-hydroxylation sites is 1. The Balaban J connectivity index is 2.45. The molecule has 0 saturated heterocycles. The Bertz CT molecular complexity index is 597. The summed E-state index contributed by atoms with van der Waals surface area (Å²) in [4.78, 5) is 16.3. The summed E-state index contributed by atoms with van der Waals surface area (Å²) in [5.41, 5.74) is 1.11. The van der Waals surface area contributed by atoms with Crippen molar-refractivity contribution in [3.63, 3.8) is 0 Å². The molecular formula is C15H17NO2. The van der Waals surface area contributed by atoms with Crippen LogP contribution in [0.5, 0.6) is 5.75 Å². The van der Waals surface area contributed by atoms with Crippen molar-refractivity contribution in [1.82, 2.24) is 4.98 Å². The van der Waals surface area contributed by atoms with E-state index in [-0.39, 0.29) is 5.97 Å². The molecule has 0 amide bonds. The first-order valence-electron chi connectivity index (χ1n) is 5.96. The van der Waals surface area contributed by atoms with Gasteiger partial charge < -0.3 is 4.74 Å². The minimum Gasteiger partial charge on any atom is -0.424 e. The SMILES string of the molecule is Cc1ccc2cccc(OC(=O)C(C)(C)C)c2n1. The van der Waals surface area contributed by atoms with Crippen molar-refractivity contribution in [2.75, 3.05) is 0 Å². The maximum absolute atomic E-state index is 11.9. The number of ether oxygens (including phenoxy) is 1. The Morgan fingerprint density at radius 3 is 2.56 bits per heavy atom. The first kappa shape index (κ1) is 12.6. The fourth-order valence-electron chi connectivity index (χ4n) is 1.55. The summed E-state index contributed by atoms with van der Waals surface area (Å²) in [7, 11) is 0. The Kier molecular flexibility index (Phi) is 3.07. The lowest BCUT2D eigenvalue weighted by atomic mass is 9.97. The minimum atomic E-state index is -0.522. The van der Waals surface area contributed by atoms with E-state index in [1.807, 2.05) is 52.0 Å². The smallest absolute Gasteiger partial charge is 0.316 e. The fourth-order valence-corrected chi connectivity index (χ4v) is 1.55. The highest BCUT2D eigenvalue weighted by atomic mass is 16.5. The van der Waals surface area contributed by atoms with Crippen LogP contribution >= 0.6 is 0 Å². The fraction of sp³-hybridized carbons (Fsp3) is 0.333. The lowest BCUT2D eigenvalue weighted by Crippen LogP contribution is -2.25. The largest absolute Gasteiger partial charge is 0.424 e. The number of carbonyl (C=O) groups excluding carboxylic acids is 1.